The van der Waals surface area contributed by atoms with Gasteiger partial charge in [-0.2, -0.15) is 0 Å². The molecule has 0 aromatic heterocycles. The minimum absolute atomic E-state index is 0.113. The van der Waals surface area contributed by atoms with Crippen LogP contribution in [0.3, 0.4) is 0 Å². The van der Waals surface area contributed by atoms with E-state index in [-0.39, 0.29) is 24.3 Å². The van der Waals surface area contributed by atoms with Gasteiger partial charge in [-0.25, -0.2) is 4.79 Å². The summed E-state index contributed by atoms with van der Waals surface area (Å²) < 4.78 is 11.2. The topological polar surface area (TPSA) is 93.1 Å². The third kappa shape index (κ3) is 17.5. The van der Waals surface area contributed by atoms with Crippen molar-refractivity contribution in [1.29, 1.82) is 0 Å². The number of hydrogen-bond donors (Lipinski definition) is 2. The SMILES string of the molecule is CCCCCCCCCCCC[C@@H](O)[C@H]1CC[C@@H]([C@@H](O)CCCCCCC(=O)CCCC/C=C/CC2=C[C@H](C)OC2=O)O1. The lowest BCUT2D eigenvalue weighted by Crippen LogP contribution is -2.31. The van der Waals surface area contributed by atoms with E-state index in [0.29, 0.717) is 25.0 Å². The summed E-state index contributed by atoms with van der Waals surface area (Å²) >= 11 is 0. The van der Waals surface area contributed by atoms with Gasteiger partial charge in [-0.15, -0.1) is 0 Å². The number of unbranched alkanes of at least 4 members (excludes halogenated alkanes) is 14. The molecule has 248 valence electrons. The van der Waals surface area contributed by atoms with Gasteiger partial charge < -0.3 is 19.7 Å². The van der Waals surface area contributed by atoms with Gasteiger partial charge in [0.2, 0.25) is 0 Å². The molecule has 2 aliphatic rings. The minimum atomic E-state index is -0.461. The zero-order chi connectivity index (χ0) is 31.1. The summed E-state index contributed by atoms with van der Waals surface area (Å²) in [5, 5.41) is 21.2. The first-order valence-electron chi connectivity index (χ1n) is 18.0. The molecule has 6 heteroatoms. The second kappa shape index (κ2) is 23.8. The van der Waals surface area contributed by atoms with Gasteiger partial charge in [-0.3, -0.25) is 4.79 Å². The molecule has 5 atom stereocenters. The van der Waals surface area contributed by atoms with Crippen LogP contribution in [0.15, 0.2) is 23.8 Å². The number of aliphatic hydroxyl groups excluding tert-OH is 2. The molecule has 0 radical (unpaired) electrons. The van der Waals surface area contributed by atoms with Crippen LogP contribution in [0.25, 0.3) is 0 Å². The Kier molecular flexibility index (Phi) is 20.9. The van der Waals surface area contributed by atoms with Gasteiger partial charge in [0.15, 0.2) is 0 Å². The van der Waals surface area contributed by atoms with Crippen molar-refractivity contribution in [2.75, 3.05) is 0 Å². The molecule has 0 bridgehead atoms. The first kappa shape index (κ1) is 37.7. The van der Waals surface area contributed by atoms with E-state index < -0.39 is 12.2 Å². The fourth-order valence-electron chi connectivity index (χ4n) is 6.32. The summed E-state index contributed by atoms with van der Waals surface area (Å²) in [7, 11) is 0. The van der Waals surface area contributed by atoms with Crippen LogP contribution in [-0.2, 0) is 19.1 Å². The number of cyclic esters (lactones) is 1. The van der Waals surface area contributed by atoms with Gasteiger partial charge in [0.25, 0.3) is 0 Å². The van der Waals surface area contributed by atoms with Crippen molar-refractivity contribution >= 4 is 11.8 Å². The zero-order valence-electron chi connectivity index (χ0n) is 27.6. The quantitative estimate of drug-likeness (QED) is 0.0553. The molecule has 0 unspecified atom stereocenters. The zero-order valence-corrected chi connectivity index (χ0v) is 27.6. The van der Waals surface area contributed by atoms with Crippen LogP contribution >= 0.6 is 0 Å². The smallest absolute Gasteiger partial charge is 0.334 e. The predicted molar refractivity (Wildman–Crippen MR) is 175 cm³/mol. The first-order chi connectivity index (χ1) is 20.9. The average Bonchev–Trinajstić information content (AvgIpc) is 3.61. The average molecular weight is 605 g/mol. The molecule has 0 amide bonds. The fraction of sp³-hybridized carbons (Fsp3) is 0.838. The predicted octanol–water partition coefficient (Wildman–Crippen LogP) is 8.85. The lowest BCUT2D eigenvalue weighted by molar-refractivity contribution is -0.139. The highest BCUT2D eigenvalue weighted by Crippen LogP contribution is 2.28. The van der Waals surface area contributed by atoms with Crippen LogP contribution in [0.5, 0.6) is 0 Å². The lowest BCUT2D eigenvalue weighted by atomic mass is 10.00. The molecule has 0 aliphatic carbocycles. The molecule has 6 nitrogen and oxygen atoms in total. The largest absolute Gasteiger partial charge is 0.455 e. The van der Waals surface area contributed by atoms with E-state index in [1.165, 1.54) is 57.8 Å². The highest BCUT2D eigenvalue weighted by atomic mass is 16.5. The Balaban J connectivity index is 1.38. The summed E-state index contributed by atoms with van der Waals surface area (Å²) in [5.41, 5.74) is 0.735. The Morgan fingerprint density at radius 1 is 0.791 bits per heavy atom. The number of carbonyl (C=O) groups excluding carboxylic acids is 2. The molecule has 2 N–H and O–H groups in total. The van der Waals surface area contributed by atoms with Crippen LogP contribution in [0.4, 0.5) is 0 Å². The normalized spacial score (nSPS) is 21.8. The maximum atomic E-state index is 12.2. The number of hydrogen-bond acceptors (Lipinski definition) is 6. The number of ketones is 1. The van der Waals surface area contributed by atoms with E-state index in [1.807, 2.05) is 19.1 Å². The third-order valence-electron chi connectivity index (χ3n) is 9.07. The number of rotatable bonds is 27. The molecule has 0 aromatic rings. The van der Waals surface area contributed by atoms with E-state index in [1.54, 1.807) is 0 Å². The lowest BCUT2D eigenvalue weighted by Gasteiger charge is -2.22. The Hall–Kier alpha value is -1.50. The third-order valence-corrected chi connectivity index (χ3v) is 9.07. The molecule has 43 heavy (non-hydrogen) atoms. The molecule has 0 saturated carbocycles. The second-order valence-corrected chi connectivity index (χ2v) is 13.1. The number of allylic oxidation sites excluding steroid dienone is 2. The molecular formula is C37H64O6. The van der Waals surface area contributed by atoms with Crippen molar-refractivity contribution < 1.29 is 29.3 Å². The number of Topliss-reactive ketones (excluding diaryl/α,β-unsaturated/α-hetero) is 1. The molecule has 2 aliphatic heterocycles. The standard InChI is InChI=1S/C37H64O6/c1-3-4-5-6-7-8-9-10-14-20-25-33(39)35-27-28-36(43-35)34(40)26-21-16-15-19-24-32(38)23-18-13-11-12-17-22-31-29-30(2)42-37(31)41/h12,17,29-30,33-36,39-40H,3-11,13-16,18-28H2,1-2H3/b17-12+/t30-,33+,34-,35+,36-/m0/s1. The van der Waals surface area contributed by atoms with Crippen LogP contribution in [0.1, 0.15) is 168 Å². The number of carbonyl (C=O) groups is 2. The highest BCUT2D eigenvalue weighted by Gasteiger charge is 2.34. The molecule has 2 rings (SSSR count). The van der Waals surface area contributed by atoms with Crippen molar-refractivity contribution in [3.8, 4) is 0 Å². The van der Waals surface area contributed by atoms with E-state index >= 15 is 0 Å². The Bertz CT molecular complexity index is 805. The molecule has 0 aromatic carbocycles. The number of esters is 1. The van der Waals surface area contributed by atoms with Crippen LogP contribution < -0.4 is 0 Å². The number of aliphatic hydroxyl groups is 2. The van der Waals surface area contributed by atoms with Gasteiger partial charge >= 0.3 is 5.97 Å². The minimum Gasteiger partial charge on any atom is -0.455 e. The van der Waals surface area contributed by atoms with Crippen molar-refractivity contribution in [2.45, 2.75) is 198 Å². The molecule has 2 heterocycles. The second-order valence-electron chi connectivity index (χ2n) is 13.1. The molecule has 0 spiro atoms. The first-order valence-corrected chi connectivity index (χ1v) is 18.0. The summed E-state index contributed by atoms with van der Waals surface area (Å²) in [4.78, 5) is 23.8. The van der Waals surface area contributed by atoms with Crippen LogP contribution in [0, 0.1) is 0 Å². The van der Waals surface area contributed by atoms with Crippen molar-refractivity contribution in [2.24, 2.45) is 0 Å². The van der Waals surface area contributed by atoms with E-state index in [2.05, 4.69) is 13.0 Å². The van der Waals surface area contributed by atoms with E-state index in [0.717, 1.165) is 82.6 Å². The van der Waals surface area contributed by atoms with Gasteiger partial charge in [-0.05, 0) is 70.8 Å². The van der Waals surface area contributed by atoms with E-state index in [9.17, 15) is 19.8 Å². The Morgan fingerprint density at radius 3 is 1.84 bits per heavy atom. The Morgan fingerprint density at radius 2 is 1.30 bits per heavy atom. The summed E-state index contributed by atoms with van der Waals surface area (Å²) in [5.74, 6) is 0.138. The van der Waals surface area contributed by atoms with Crippen molar-refractivity contribution in [1.82, 2.24) is 0 Å². The van der Waals surface area contributed by atoms with Crippen LogP contribution in [-0.4, -0.2) is 52.5 Å². The summed E-state index contributed by atoms with van der Waals surface area (Å²) in [6.07, 6.45) is 29.5. The van der Waals surface area contributed by atoms with Gasteiger partial charge in [0.1, 0.15) is 11.9 Å². The highest BCUT2D eigenvalue weighted by molar-refractivity contribution is 5.91. The molecular weight excluding hydrogens is 540 g/mol. The van der Waals surface area contributed by atoms with Gasteiger partial charge in [0, 0.05) is 18.4 Å². The van der Waals surface area contributed by atoms with E-state index in [4.69, 9.17) is 9.47 Å². The summed E-state index contributed by atoms with van der Waals surface area (Å²) in [6, 6.07) is 0. The molecule has 1 saturated heterocycles. The monoisotopic (exact) mass is 604 g/mol. The van der Waals surface area contributed by atoms with Crippen molar-refractivity contribution in [3.63, 3.8) is 0 Å². The van der Waals surface area contributed by atoms with Crippen molar-refractivity contribution in [3.05, 3.63) is 23.8 Å². The fourth-order valence-corrected chi connectivity index (χ4v) is 6.32. The maximum Gasteiger partial charge on any atom is 0.334 e. The van der Waals surface area contributed by atoms with Gasteiger partial charge in [-0.1, -0.05) is 103 Å². The summed E-state index contributed by atoms with van der Waals surface area (Å²) in [6.45, 7) is 4.12. The molecule has 1 fully saturated rings. The van der Waals surface area contributed by atoms with Crippen LogP contribution in [0.2, 0.25) is 0 Å². The van der Waals surface area contributed by atoms with Gasteiger partial charge in [0.05, 0.1) is 24.4 Å². The Labute approximate surface area is 263 Å². The number of ether oxygens (including phenoxy) is 2. The maximum absolute atomic E-state index is 12.2.